The molecule has 130 valence electrons. The first kappa shape index (κ1) is 16.5. The maximum absolute atomic E-state index is 12.2. The number of hydrogen-bond acceptors (Lipinski definition) is 5. The van der Waals surface area contributed by atoms with Gasteiger partial charge in [-0.3, -0.25) is 4.68 Å². The molecule has 0 aliphatic carbocycles. The zero-order valence-electron chi connectivity index (χ0n) is 14.6. The number of anilines is 1. The van der Waals surface area contributed by atoms with Gasteiger partial charge in [-0.1, -0.05) is 13.8 Å². The highest BCUT2D eigenvalue weighted by atomic mass is 16.2. The number of carbonyl (C=O) groups excluding carboxylic acids is 1. The minimum absolute atomic E-state index is 0.0320. The molecule has 3 rings (SSSR count). The number of rotatable bonds is 4. The highest BCUT2D eigenvalue weighted by molar-refractivity contribution is 5.86. The summed E-state index contributed by atoms with van der Waals surface area (Å²) in [5.74, 6) is 1.50. The molecule has 2 aromatic rings. The Morgan fingerprint density at radius 3 is 2.71 bits per heavy atom. The van der Waals surface area contributed by atoms with Gasteiger partial charge in [0.05, 0.1) is 11.6 Å². The molecule has 0 bridgehead atoms. The second kappa shape index (κ2) is 7.02. The fourth-order valence-electron chi connectivity index (χ4n) is 2.90. The van der Waals surface area contributed by atoms with Crippen molar-refractivity contribution in [2.75, 3.05) is 37.6 Å². The van der Waals surface area contributed by atoms with Crippen LogP contribution in [0, 0.1) is 5.92 Å². The van der Waals surface area contributed by atoms with Crippen LogP contribution in [-0.2, 0) is 7.05 Å². The van der Waals surface area contributed by atoms with E-state index in [-0.39, 0.29) is 6.03 Å². The molecule has 0 saturated carbocycles. The molecule has 1 aliphatic heterocycles. The van der Waals surface area contributed by atoms with E-state index in [2.05, 4.69) is 39.1 Å². The van der Waals surface area contributed by atoms with E-state index < -0.39 is 0 Å². The van der Waals surface area contributed by atoms with Crippen LogP contribution in [0.2, 0.25) is 0 Å². The van der Waals surface area contributed by atoms with Crippen LogP contribution in [0.15, 0.2) is 12.5 Å². The summed E-state index contributed by atoms with van der Waals surface area (Å²) in [6, 6.07) is 0.0320. The lowest BCUT2D eigenvalue weighted by molar-refractivity contribution is 0.194. The van der Waals surface area contributed by atoms with Crippen molar-refractivity contribution in [3.63, 3.8) is 0 Å². The van der Waals surface area contributed by atoms with Gasteiger partial charge in [-0.25, -0.2) is 14.8 Å². The summed E-state index contributed by atoms with van der Waals surface area (Å²) in [5, 5.41) is 8.21. The van der Waals surface area contributed by atoms with Crippen LogP contribution in [0.25, 0.3) is 11.0 Å². The van der Waals surface area contributed by atoms with E-state index >= 15 is 0 Å². The molecule has 24 heavy (non-hydrogen) atoms. The summed E-state index contributed by atoms with van der Waals surface area (Å²) < 4.78 is 1.75. The highest BCUT2D eigenvalue weighted by Gasteiger charge is 2.23. The van der Waals surface area contributed by atoms with Crippen molar-refractivity contribution in [1.29, 1.82) is 0 Å². The Morgan fingerprint density at radius 1 is 1.25 bits per heavy atom. The molecule has 2 amide bonds. The largest absolute Gasteiger partial charge is 0.352 e. The Hall–Kier alpha value is -2.38. The molecule has 0 unspecified atom stereocenters. The zero-order chi connectivity index (χ0) is 17.1. The minimum Gasteiger partial charge on any atom is -0.352 e. The maximum Gasteiger partial charge on any atom is 0.317 e. The number of nitrogens with zero attached hydrogens (tertiary/aromatic N) is 6. The Kier molecular flexibility index (Phi) is 4.82. The summed E-state index contributed by atoms with van der Waals surface area (Å²) in [6.07, 6.45) is 4.38. The molecule has 0 spiro atoms. The quantitative estimate of drug-likeness (QED) is 0.912. The topological polar surface area (TPSA) is 79.2 Å². The molecule has 0 radical (unpaired) electrons. The van der Waals surface area contributed by atoms with Gasteiger partial charge in [0.15, 0.2) is 5.65 Å². The second-order valence-electron chi connectivity index (χ2n) is 6.59. The zero-order valence-corrected chi connectivity index (χ0v) is 14.6. The van der Waals surface area contributed by atoms with Crippen molar-refractivity contribution in [1.82, 2.24) is 30.0 Å². The van der Waals surface area contributed by atoms with Crippen molar-refractivity contribution in [3.05, 3.63) is 12.5 Å². The molecule has 1 N–H and O–H groups in total. The number of aromatic nitrogens is 4. The first-order chi connectivity index (χ1) is 11.6. The lowest BCUT2D eigenvalue weighted by Crippen LogP contribution is -2.52. The molecule has 3 heterocycles. The third kappa shape index (κ3) is 3.42. The molecular formula is C16H25N7O. The molecule has 1 aliphatic rings. The Balaban J connectivity index is 1.59. The van der Waals surface area contributed by atoms with Gasteiger partial charge in [-0.15, -0.1) is 0 Å². The summed E-state index contributed by atoms with van der Waals surface area (Å²) >= 11 is 0. The van der Waals surface area contributed by atoms with Gasteiger partial charge >= 0.3 is 6.03 Å². The summed E-state index contributed by atoms with van der Waals surface area (Å²) in [5.41, 5.74) is 0.828. The van der Waals surface area contributed by atoms with Gasteiger partial charge < -0.3 is 15.1 Å². The Bertz CT molecular complexity index is 704. The molecule has 8 nitrogen and oxygen atoms in total. The van der Waals surface area contributed by atoms with Crippen molar-refractivity contribution >= 4 is 22.9 Å². The van der Waals surface area contributed by atoms with Gasteiger partial charge in [-0.2, -0.15) is 5.10 Å². The van der Waals surface area contributed by atoms with Crippen molar-refractivity contribution in [2.45, 2.75) is 20.3 Å². The summed E-state index contributed by atoms with van der Waals surface area (Å²) in [7, 11) is 1.87. The van der Waals surface area contributed by atoms with Crippen LogP contribution in [-0.4, -0.2) is 63.4 Å². The second-order valence-corrected chi connectivity index (χ2v) is 6.59. The molecule has 0 atom stereocenters. The van der Waals surface area contributed by atoms with Crippen LogP contribution in [0.1, 0.15) is 20.3 Å². The summed E-state index contributed by atoms with van der Waals surface area (Å²) in [6.45, 7) is 7.96. The highest BCUT2D eigenvalue weighted by Crippen LogP contribution is 2.23. The van der Waals surface area contributed by atoms with Crippen molar-refractivity contribution in [3.8, 4) is 0 Å². The lowest BCUT2D eigenvalue weighted by Gasteiger charge is -2.35. The van der Waals surface area contributed by atoms with E-state index in [0.717, 1.165) is 42.9 Å². The predicted octanol–water partition coefficient (Wildman–Crippen LogP) is 1.24. The third-order valence-electron chi connectivity index (χ3n) is 4.37. The molecule has 2 aromatic heterocycles. The first-order valence-electron chi connectivity index (χ1n) is 8.46. The van der Waals surface area contributed by atoms with Gasteiger partial charge in [0.25, 0.3) is 0 Å². The average molecular weight is 331 g/mol. The lowest BCUT2D eigenvalue weighted by atomic mass is 10.1. The number of aryl methyl sites for hydroxylation is 1. The summed E-state index contributed by atoms with van der Waals surface area (Å²) in [4.78, 5) is 25.0. The van der Waals surface area contributed by atoms with E-state index in [9.17, 15) is 4.79 Å². The van der Waals surface area contributed by atoms with E-state index in [0.29, 0.717) is 19.0 Å². The number of urea groups is 1. The van der Waals surface area contributed by atoms with Crippen molar-refractivity contribution in [2.24, 2.45) is 13.0 Å². The van der Waals surface area contributed by atoms with Crippen molar-refractivity contribution < 1.29 is 4.79 Å². The number of amides is 2. The third-order valence-corrected chi connectivity index (χ3v) is 4.37. The van der Waals surface area contributed by atoms with Gasteiger partial charge in [-0.05, 0) is 12.3 Å². The standard InChI is InChI=1S/C16H25N7O/c1-12(2)4-5-17-16(24)23-8-6-22(7-9-23)15-13-10-20-21(3)14(13)18-11-19-15/h10-12H,4-9H2,1-3H3,(H,17,24). The van der Waals surface area contributed by atoms with E-state index in [1.54, 1.807) is 17.2 Å². The molecular weight excluding hydrogens is 306 g/mol. The van der Waals surface area contributed by atoms with Crippen LogP contribution in [0.4, 0.5) is 10.6 Å². The fourth-order valence-corrected chi connectivity index (χ4v) is 2.90. The monoisotopic (exact) mass is 331 g/mol. The maximum atomic E-state index is 12.2. The van der Waals surface area contributed by atoms with Gasteiger partial charge in [0, 0.05) is 39.8 Å². The minimum atomic E-state index is 0.0320. The number of fused-ring (bicyclic) bond motifs is 1. The van der Waals surface area contributed by atoms with E-state index in [4.69, 9.17) is 0 Å². The average Bonchev–Trinajstić information content (AvgIpc) is 2.96. The van der Waals surface area contributed by atoms with Crippen LogP contribution in [0.3, 0.4) is 0 Å². The van der Waals surface area contributed by atoms with E-state index in [1.165, 1.54) is 0 Å². The molecule has 1 saturated heterocycles. The number of carbonyl (C=O) groups is 1. The first-order valence-corrected chi connectivity index (χ1v) is 8.46. The normalized spacial score (nSPS) is 15.3. The molecule has 1 fully saturated rings. The van der Waals surface area contributed by atoms with Crippen LogP contribution < -0.4 is 10.2 Å². The smallest absolute Gasteiger partial charge is 0.317 e. The Morgan fingerprint density at radius 2 is 2.00 bits per heavy atom. The SMILES string of the molecule is CC(C)CCNC(=O)N1CCN(c2ncnc3c2cnn3C)CC1. The van der Waals surface area contributed by atoms with Crippen LogP contribution in [0.5, 0.6) is 0 Å². The number of hydrogen-bond donors (Lipinski definition) is 1. The van der Waals surface area contributed by atoms with Gasteiger partial charge in [0.2, 0.25) is 0 Å². The predicted molar refractivity (Wildman–Crippen MR) is 92.9 cm³/mol. The molecule has 0 aromatic carbocycles. The number of nitrogens with one attached hydrogen (secondary N) is 1. The van der Waals surface area contributed by atoms with E-state index in [1.807, 2.05) is 11.9 Å². The Labute approximate surface area is 141 Å². The fraction of sp³-hybridized carbons (Fsp3) is 0.625. The number of piperazine rings is 1. The van der Waals surface area contributed by atoms with Crippen LogP contribution >= 0.6 is 0 Å². The van der Waals surface area contributed by atoms with Gasteiger partial charge in [0.1, 0.15) is 12.1 Å². The molecule has 8 heteroatoms.